The molecule has 5 heteroatoms. The van der Waals surface area contributed by atoms with Crippen molar-refractivity contribution in [1.82, 2.24) is 0 Å². The van der Waals surface area contributed by atoms with Crippen LogP contribution < -0.4 is 0 Å². The first-order valence-corrected chi connectivity index (χ1v) is 6.74. The molecule has 0 aliphatic heterocycles. The Morgan fingerprint density at radius 3 is 2.31 bits per heavy atom. The van der Waals surface area contributed by atoms with Crippen molar-refractivity contribution >= 4 is 22.4 Å². The summed E-state index contributed by atoms with van der Waals surface area (Å²) in [5.41, 5.74) is 0. The predicted octanol–water partition coefficient (Wildman–Crippen LogP) is 1.18. The second kappa shape index (κ2) is 7.81. The lowest BCUT2D eigenvalue weighted by molar-refractivity contribution is -0.310. The van der Waals surface area contributed by atoms with E-state index in [1.807, 2.05) is 0 Å². The highest BCUT2D eigenvalue weighted by Gasteiger charge is 2.22. The first kappa shape index (κ1) is 13.4. The van der Waals surface area contributed by atoms with Crippen molar-refractivity contribution in [1.29, 1.82) is 0 Å². The van der Waals surface area contributed by atoms with Crippen LogP contribution >= 0.6 is 12.6 Å². The first-order chi connectivity index (χ1) is 6.18. The van der Waals surface area contributed by atoms with E-state index in [-0.39, 0.29) is 0 Å². The molecule has 0 N–H and O–H groups in total. The molecule has 0 bridgehead atoms. The Morgan fingerprint density at radius 1 is 1.23 bits per heavy atom. The van der Waals surface area contributed by atoms with Crippen LogP contribution in [-0.4, -0.2) is 35.7 Å². The Balaban J connectivity index is 3.39. The largest absolute Gasteiger partial charge is 0.376 e. The SMILES string of the molecule is COC(C)(OC)O[SiH2]CCCCS. The van der Waals surface area contributed by atoms with Crippen LogP contribution in [0.1, 0.15) is 19.8 Å². The number of thiol groups is 1. The molecule has 0 spiro atoms. The van der Waals surface area contributed by atoms with Gasteiger partial charge >= 0.3 is 0 Å². The second-order valence-electron chi connectivity index (χ2n) is 2.90. The van der Waals surface area contributed by atoms with Gasteiger partial charge in [0.2, 0.25) is 0 Å². The number of ether oxygens (including phenoxy) is 2. The number of methoxy groups -OCH3 is 2. The van der Waals surface area contributed by atoms with Crippen LogP contribution in [0.4, 0.5) is 0 Å². The highest BCUT2D eigenvalue weighted by Crippen LogP contribution is 2.11. The van der Waals surface area contributed by atoms with Gasteiger partial charge in [-0.05, 0) is 18.2 Å². The van der Waals surface area contributed by atoms with Gasteiger partial charge in [-0.2, -0.15) is 12.6 Å². The van der Waals surface area contributed by atoms with E-state index < -0.39 is 15.7 Å². The van der Waals surface area contributed by atoms with E-state index in [9.17, 15) is 0 Å². The van der Waals surface area contributed by atoms with E-state index in [0.717, 1.165) is 18.2 Å². The summed E-state index contributed by atoms with van der Waals surface area (Å²) >= 11 is 4.14. The van der Waals surface area contributed by atoms with Gasteiger partial charge in [0.1, 0.15) is 0 Å². The minimum absolute atomic E-state index is 0.519. The maximum Gasteiger partial charge on any atom is 0.269 e. The summed E-state index contributed by atoms with van der Waals surface area (Å²) in [6.45, 7) is 1.79. The molecular weight excluding hydrogens is 204 g/mol. The zero-order valence-corrected chi connectivity index (χ0v) is 11.0. The zero-order chi connectivity index (χ0) is 10.2. The Labute approximate surface area is 88.5 Å². The molecule has 0 aliphatic rings. The molecule has 3 nitrogen and oxygen atoms in total. The number of rotatable bonds is 8. The van der Waals surface area contributed by atoms with Crippen molar-refractivity contribution in [2.24, 2.45) is 0 Å². The molecule has 0 aliphatic carbocycles. The van der Waals surface area contributed by atoms with Crippen LogP contribution in [0.5, 0.6) is 0 Å². The highest BCUT2D eigenvalue weighted by molar-refractivity contribution is 7.80. The van der Waals surface area contributed by atoms with Gasteiger partial charge in [0.25, 0.3) is 5.97 Å². The molecule has 0 aromatic rings. The van der Waals surface area contributed by atoms with Gasteiger partial charge in [-0.15, -0.1) is 0 Å². The van der Waals surface area contributed by atoms with Gasteiger partial charge in [-0.25, -0.2) is 0 Å². The Morgan fingerprint density at radius 2 is 1.85 bits per heavy atom. The van der Waals surface area contributed by atoms with Gasteiger partial charge < -0.3 is 13.9 Å². The molecule has 0 fully saturated rings. The molecule has 0 aromatic carbocycles. The minimum Gasteiger partial charge on any atom is -0.376 e. The monoisotopic (exact) mass is 224 g/mol. The van der Waals surface area contributed by atoms with Gasteiger partial charge in [-0.1, -0.05) is 6.42 Å². The number of hydrogen-bond donors (Lipinski definition) is 1. The summed E-state index contributed by atoms with van der Waals surface area (Å²) in [5, 5.41) is 0. The van der Waals surface area contributed by atoms with E-state index >= 15 is 0 Å². The van der Waals surface area contributed by atoms with Gasteiger partial charge in [0.15, 0.2) is 9.76 Å². The van der Waals surface area contributed by atoms with Crippen molar-refractivity contribution < 1.29 is 13.9 Å². The minimum atomic E-state index is -0.826. The molecule has 80 valence electrons. The molecule has 0 aromatic heterocycles. The van der Waals surface area contributed by atoms with Crippen molar-refractivity contribution in [2.45, 2.75) is 31.8 Å². The summed E-state index contributed by atoms with van der Waals surface area (Å²) in [4.78, 5) is 0. The van der Waals surface area contributed by atoms with E-state index in [2.05, 4.69) is 12.6 Å². The standard InChI is InChI=1S/C8H20O3SSi/c1-8(9-2,10-3)11-13-7-5-4-6-12/h12H,4-7,13H2,1-3H3. The van der Waals surface area contributed by atoms with Crippen molar-refractivity contribution in [3.8, 4) is 0 Å². The van der Waals surface area contributed by atoms with Crippen molar-refractivity contribution in [3.05, 3.63) is 0 Å². The summed E-state index contributed by atoms with van der Waals surface area (Å²) in [5.74, 6) is 0.132. The van der Waals surface area contributed by atoms with Crippen molar-refractivity contribution in [2.75, 3.05) is 20.0 Å². The lowest BCUT2D eigenvalue weighted by Gasteiger charge is -2.26. The first-order valence-electron chi connectivity index (χ1n) is 4.53. The zero-order valence-electron chi connectivity index (χ0n) is 8.71. The quantitative estimate of drug-likeness (QED) is 0.290. The van der Waals surface area contributed by atoms with Crippen LogP contribution in [0, 0.1) is 0 Å². The molecule has 0 rings (SSSR count). The average molecular weight is 224 g/mol. The number of unbranched alkanes of at least 4 members (excludes halogenated alkanes) is 1. The summed E-state index contributed by atoms with van der Waals surface area (Å²) in [6.07, 6.45) is 2.36. The molecule has 0 saturated heterocycles. The van der Waals surface area contributed by atoms with Crippen LogP contribution in [0.3, 0.4) is 0 Å². The van der Waals surface area contributed by atoms with Gasteiger partial charge in [0.05, 0.1) is 0 Å². The third-order valence-corrected chi connectivity index (χ3v) is 3.74. The lowest BCUT2D eigenvalue weighted by atomic mass is 10.4. The smallest absolute Gasteiger partial charge is 0.269 e. The average Bonchev–Trinajstić information content (AvgIpc) is 2.17. The normalized spacial score (nSPS) is 12.9. The molecule has 0 atom stereocenters. The topological polar surface area (TPSA) is 27.7 Å². The van der Waals surface area contributed by atoms with E-state index in [1.165, 1.54) is 6.42 Å². The Bertz CT molecular complexity index is 120. The summed E-state index contributed by atoms with van der Waals surface area (Å²) < 4.78 is 15.7. The third kappa shape index (κ3) is 6.51. The summed E-state index contributed by atoms with van der Waals surface area (Å²) in [7, 11) is 2.66. The van der Waals surface area contributed by atoms with Crippen LogP contribution in [0.25, 0.3) is 0 Å². The Kier molecular flexibility index (Phi) is 8.08. The molecule has 13 heavy (non-hydrogen) atoms. The van der Waals surface area contributed by atoms with Crippen molar-refractivity contribution in [3.63, 3.8) is 0 Å². The maximum absolute atomic E-state index is 5.54. The third-order valence-electron chi connectivity index (χ3n) is 1.91. The van der Waals surface area contributed by atoms with Gasteiger partial charge in [0, 0.05) is 21.1 Å². The highest BCUT2D eigenvalue weighted by atomic mass is 32.1. The van der Waals surface area contributed by atoms with E-state index in [0.29, 0.717) is 0 Å². The predicted molar refractivity (Wildman–Crippen MR) is 59.9 cm³/mol. The maximum atomic E-state index is 5.54. The molecule has 0 unspecified atom stereocenters. The lowest BCUT2D eigenvalue weighted by Crippen LogP contribution is -2.34. The van der Waals surface area contributed by atoms with E-state index in [4.69, 9.17) is 13.9 Å². The van der Waals surface area contributed by atoms with Crippen LogP contribution in [0.15, 0.2) is 0 Å². The van der Waals surface area contributed by atoms with Gasteiger partial charge in [-0.3, -0.25) is 0 Å². The Hall–Kier alpha value is 0.447. The fourth-order valence-corrected chi connectivity index (χ4v) is 2.38. The fourth-order valence-electron chi connectivity index (χ4n) is 0.849. The van der Waals surface area contributed by atoms with E-state index in [1.54, 1.807) is 21.1 Å². The summed E-state index contributed by atoms with van der Waals surface area (Å²) in [6, 6.07) is 1.16. The van der Waals surface area contributed by atoms with Crippen LogP contribution in [-0.2, 0) is 13.9 Å². The number of hydrogen-bond acceptors (Lipinski definition) is 4. The molecular formula is C8H20O3SSi. The van der Waals surface area contributed by atoms with Crippen LogP contribution in [0.2, 0.25) is 6.04 Å². The molecule has 0 heterocycles. The molecule has 0 amide bonds. The second-order valence-corrected chi connectivity index (χ2v) is 4.75. The molecule has 0 saturated carbocycles. The molecule has 0 radical (unpaired) electrons. The fraction of sp³-hybridized carbons (Fsp3) is 1.00.